The lowest BCUT2D eigenvalue weighted by Crippen LogP contribution is -2.40. The van der Waals surface area contributed by atoms with E-state index >= 15 is 0 Å². The van der Waals surface area contributed by atoms with Crippen LogP contribution in [0.15, 0.2) is 97.2 Å². The molecule has 0 heterocycles. The zero-order chi connectivity index (χ0) is 61.9. The fraction of sp³-hybridized carbons (Fsp3) is 0.750. The highest BCUT2D eigenvalue weighted by Crippen LogP contribution is 2.17. The third-order valence-corrected chi connectivity index (χ3v) is 15.3. The summed E-state index contributed by atoms with van der Waals surface area (Å²) in [6, 6.07) is 0. The number of ether oxygens (including phenoxy) is 4. The van der Waals surface area contributed by atoms with E-state index in [0.717, 1.165) is 83.5 Å². The fourth-order valence-electron chi connectivity index (χ4n) is 9.93. The minimum atomic E-state index is -1.52. The van der Waals surface area contributed by atoms with Crippen molar-refractivity contribution in [3.05, 3.63) is 97.2 Å². The predicted molar refractivity (Wildman–Crippen MR) is 364 cm³/mol. The smallest absolute Gasteiger partial charge is 0.361 e. The van der Waals surface area contributed by atoms with Gasteiger partial charge in [-0.25, -0.2) is 4.79 Å². The van der Waals surface area contributed by atoms with Crippen LogP contribution in [0.5, 0.6) is 0 Å². The molecular formula is C76H134NO8+. The van der Waals surface area contributed by atoms with Crippen molar-refractivity contribution in [3.8, 4) is 0 Å². The van der Waals surface area contributed by atoms with Crippen molar-refractivity contribution in [2.75, 3.05) is 47.5 Å². The van der Waals surface area contributed by atoms with E-state index in [2.05, 4.69) is 111 Å². The molecule has 0 aliphatic heterocycles. The molecule has 0 aliphatic carbocycles. The quantitative estimate of drug-likeness (QED) is 0.0211. The first kappa shape index (κ1) is 81.2. The van der Waals surface area contributed by atoms with Crippen molar-refractivity contribution in [1.29, 1.82) is 0 Å². The summed E-state index contributed by atoms with van der Waals surface area (Å²) in [5, 5.41) is 9.75. The molecule has 9 heteroatoms. The molecule has 2 atom stereocenters. The number of quaternary nitrogens is 1. The summed E-state index contributed by atoms with van der Waals surface area (Å²) in [4.78, 5) is 37.6. The number of hydrogen-bond donors (Lipinski definition) is 1. The average molecular weight is 1190 g/mol. The first-order valence-electron chi connectivity index (χ1n) is 35.4. The number of allylic oxidation sites excluding steroid dienone is 16. The Labute approximate surface area is 524 Å². The molecular weight excluding hydrogens is 1050 g/mol. The number of aliphatic carboxylic acids is 1. The van der Waals surface area contributed by atoms with Crippen LogP contribution >= 0.6 is 0 Å². The van der Waals surface area contributed by atoms with Crippen LogP contribution in [0.25, 0.3) is 0 Å². The lowest BCUT2D eigenvalue weighted by Gasteiger charge is -2.25. The largest absolute Gasteiger partial charge is 0.477 e. The Hall–Kier alpha value is -3.79. The lowest BCUT2D eigenvalue weighted by molar-refractivity contribution is -0.870. The molecule has 2 unspecified atom stereocenters. The number of carboxylic acid groups (broad SMARTS) is 1. The highest BCUT2D eigenvalue weighted by atomic mass is 16.7. The molecule has 85 heavy (non-hydrogen) atoms. The molecule has 0 aromatic heterocycles. The molecule has 0 spiro atoms. The predicted octanol–water partition coefficient (Wildman–Crippen LogP) is 22.0. The van der Waals surface area contributed by atoms with Gasteiger partial charge in [0.25, 0.3) is 6.29 Å². The van der Waals surface area contributed by atoms with Crippen molar-refractivity contribution in [2.45, 2.75) is 322 Å². The zero-order valence-corrected chi connectivity index (χ0v) is 56.0. The minimum absolute atomic E-state index is 0.184. The topological polar surface area (TPSA) is 108 Å². The Morgan fingerprint density at radius 1 is 0.365 bits per heavy atom. The van der Waals surface area contributed by atoms with E-state index in [1.54, 1.807) is 0 Å². The van der Waals surface area contributed by atoms with Crippen molar-refractivity contribution >= 4 is 17.9 Å². The molecule has 0 radical (unpaired) electrons. The highest BCUT2D eigenvalue weighted by molar-refractivity contribution is 5.71. The summed E-state index contributed by atoms with van der Waals surface area (Å²) >= 11 is 0. The third kappa shape index (κ3) is 67.6. The summed E-state index contributed by atoms with van der Waals surface area (Å²) in [6.45, 7) is 4.78. The molecule has 0 aromatic carbocycles. The zero-order valence-electron chi connectivity index (χ0n) is 56.0. The molecule has 0 amide bonds. The molecule has 0 bridgehead atoms. The third-order valence-electron chi connectivity index (χ3n) is 15.3. The van der Waals surface area contributed by atoms with Crippen molar-refractivity contribution < 1.29 is 42.9 Å². The van der Waals surface area contributed by atoms with Gasteiger partial charge in [-0.05, 0) is 96.3 Å². The number of carbonyl (C=O) groups is 3. The monoisotopic (exact) mass is 1190 g/mol. The van der Waals surface area contributed by atoms with Gasteiger partial charge >= 0.3 is 17.9 Å². The maximum absolute atomic E-state index is 13.0. The standard InChI is InChI=1S/C76H133NO8/c1-6-8-10-12-14-16-18-20-22-24-26-28-30-32-34-36-37-39-41-43-45-47-49-51-53-55-57-59-61-63-65-67-74(79)85-72(71-84-76(75(80)81)82-69-68-77(3,4)5)70-83-73(78)66-64-62-60-58-56-54-52-50-48-46-44-42-40-38-35-33-31-29-27-25-23-21-19-17-15-13-11-9-7-2/h8,10,14,16,19-22,25-28,32,34,37,39,72,76H,6-7,9,11-13,15,17-18,23-24,29-31,33,35-36,38,40-71H2,1-5H3/p+1/b10-8-,16-14-,21-19-,22-20-,27-25-,28-26-,34-32-,39-37-. The van der Waals surface area contributed by atoms with Crippen LogP contribution < -0.4 is 0 Å². The second-order valence-electron chi connectivity index (χ2n) is 24.8. The number of esters is 2. The van der Waals surface area contributed by atoms with Gasteiger partial charge in [-0.2, -0.15) is 0 Å². The molecule has 0 saturated heterocycles. The normalized spacial score (nSPS) is 13.3. The Kier molecular flexibility index (Phi) is 63.2. The number of unbranched alkanes of at least 4 members (excludes halogenated alkanes) is 34. The van der Waals surface area contributed by atoms with Crippen molar-refractivity contribution in [3.63, 3.8) is 0 Å². The Morgan fingerprint density at radius 2 is 0.671 bits per heavy atom. The SMILES string of the molecule is CC/C=C\C/C=C\C/C=C\C/C=C\C/C=C\C/C=C\CCCCCCCCCCCCCCC(=O)OC(COC(=O)CCCCCCCCCCCCCCCCCCC/C=C\C/C=C\CCCCCCC)COC(OCC[N+](C)(C)C)C(=O)O. The van der Waals surface area contributed by atoms with Gasteiger partial charge in [-0.15, -0.1) is 0 Å². The van der Waals surface area contributed by atoms with Crippen LogP contribution in [0, 0.1) is 0 Å². The molecule has 0 aromatic rings. The van der Waals surface area contributed by atoms with Gasteiger partial charge in [-0.3, -0.25) is 9.59 Å². The fourth-order valence-corrected chi connectivity index (χ4v) is 9.93. The van der Waals surface area contributed by atoms with Crippen LogP contribution in [0.3, 0.4) is 0 Å². The van der Waals surface area contributed by atoms with E-state index in [1.807, 2.05) is 21.1 Å². The van der Waals surface area contributed by atoms with Gasteiger partial charge in [-0.1, -0.05) is 297 Å². The van der Waals surface area contributed by atoms with Crippen molar-refractivity contribution in [1.82, 2.24) is 0 Å². The number of carbonyl (C=O) groups excluding carboxylic acids is 2. The van der Waals surface area contributed by atoms with Crippen molar-refractivity contribution in [2.24, 2.45) is 0 Å². The van der Waals surface area contributed by atoms with Crippen LogP contribution in [0.4, 0.5) is 0 Å². The van der Waals surface area contributed by atoms with Crippen LogP contribution in [-0.2, 0) is 33.3 Å². The number of hydrogen-bond acceptors (Lipinski definition) is 7. The summed E-state index contributed by atoms with van der Waals surface area (Å²) in [7, 11) is 5.98. The summed E-state index contributed by atoms with van der Waals surface area (Å²) in [6.07, 6.45) is 88.0. The number of likely N-dealkylation sites (N-methyl/N-ethyl adjacent to an activating group) is 1. The number of rotatable bonds is 65. The van der Waals surface area contributed by atoms with E-state index in [0.29, 0.717) is 23.9 Å². The Morgan fingerprint density at radius 3 is 1.00 bits per heavy atom. The summed E-state index contributed by atoms with van der Waals surface area (Å²) < 4.78 is 23.0. The Balaban J connectivity index is 4.12. The molecule has 0 fully saturated rings. The molecule has 1 N–H and O–H groups in total. The first-order valence-corrected chi connectivity index (χ1v) is 35.4. The summed E-state index contributed by atoms with van der Waals surface area (Å²) in [5.41, 5.74) is 0. The van der Waals surface area contributed by atoms with E-state index in [1.165, 1.54) is 193 Å². The van der Waals surface area contributed by atoms with Crippen LogP contribution in [0.1, 0.15) is 309 Å². The van der Waals surface area contributed by atoms with Gasteiger partial charge in [0.15, 0.2) is 6.10 Å². The molecule has 0 rings (SSSR count). The van der Waals surface area contributed by atoms with Gasteiger partial charge < -0.3 is 28.5 Å². The first-order chi connectivity index (χ1) is 41.6. The lowest BCUT2D eigenvalue weighted by atomic mass is 10.0. The molecule has 9 nitrogen and oxygen atoms in total. The number of carboxylic acids is 1. The molecule has 0 saturated carbocycles. The highest BCUT2D eigenvalue weighted by Gasteiger charge is 2.25. The van der Waals surface area contributed by atoms with Gasteiger partial charge in [0.2, 0.25) is 0 Å². The number of nitrogens with zero attached hydrogens (tertiary/aromatic N) is 1. The van der Waals surface area contributed by atoms with E-state index in [-0.39, 0.29) is 32.2 Å². The summed E-state index contributed by atoms with van der Waals surface area (Å²) in [5.74, 6) is -2.00. The van der Waals surface area contributed by atoms with Crippen LogP contribution in [-0.4, -0.2) is 87.4 Å². The second kappa shape index (κ2) is 66.2. The van der Waals surface area contributed by atoms with E-state index < -0.39 is 24.3 Å². The maximum atomic E-state index is 13.0. The Bertz CT molecular complexity index is 1720. The van der Waals surface area contributed by atoms with Gasteiger partial charge in [0.05, 0.1) is 34.4 Å². The van der Waals surface area contributed by atoms with Gasteiger partial charge in [0, 0.05) is 12.8 Å². The van der Waals surface area contributed by atoms with Gasteiger partial charge in [0.1, 0.15) is 13.2 Å². The van der Waals surface area contributed by atoms with E-state index in [4.69, 9.17) is 18.9 Å². The average Bonchev–Trinajstić information content (AvgIpc) is 3.49. The maximum Gasteiger partial charge on any atom is 0.361 e. The molecule has 0 aliphatic rings. The van der Waals surface area contributed by atoms with Crippen LogP contribution in [0.2, 0.25) is 0 Å². The molecule has 490 valence electrons. The van der Waals surface area contributed by atoms with E-state index in [9.17, 15) is 19.5 Å². The minimum Gasteiger partial charge on any atom is -0.477 e. The second-order valence-corrected chi connectivity index (χ2v) is 24.8.